The summed E-state index contributed by atoms with van der Waals surface area (Å²) in [6.07, 6.45) is 8.58. The van der Waals surface area contributed by atoms with E-state index in [0.717, 1.165) is 43.5 Å². The largest absolute Gasteiger partial charge is 0.494 e. The first kappa shape index (κ1) is 19.7. The highest BCUT2D eigenvalue weighted by Crippen LogP contribution is 2.32. The third kappa shape index (κ3) is 5.47. The van der Waals surface area contributed by atoms with Gasteiger partial charge in [-0.3, -0.25) is 9.59 Å². The second kappa shape index (κ2) is 9.77. The third-order valence-electron chi connectivity index (χ3n) is 5.78. The smallest absolute Gasteiger partial charge is 0.242 e. The minimum absolute atomic E-state index is 0.0170. The predicted molar refractivity (Wildman–Crippen MR) is 106 cm³/mol. The van der Waals surface area contributed by atoms with Gasteiger partial charge in [-0.1, -0.05) is 31.4 Å². The summed E-state index contributed by atoms with van der Waals surface area (Å²) in [6, 6.07) is 8.12. The normalized spacial score (nSPS) is 20.5. The number of rotatable bonds is 7. The van der Waals surface area contributed by atoms with E-state index in [1.807, 2.05) is 36.1 Å². The van der Waals surface area contributed by atoms with Crippen molar-refractivity contribution >= 4 is 11.8 Å². The van der Waals surface area contributed by atoms with Gasteiger partial charge in [0.15, 0.2) is 0 Å². The molecule has 2 fully saturated rings. The van der Waals surface area contributed by atoms with Crippen molar-refractivity contribution in [2.75, 3.05) is 19.7 Å². The zero-order valence-electron chi connectivity index (χ0n) is 16.4. The van der Waals surface area contributed by atoms with Crippen LogP contribution in [0.4, 0.5) is 0 Å². The minimum Gasteiger partial charge on any atom is -0.494 e. The molecule has 2 amide bonds. The molecule has 1 aromatic carbocycles. The van der Waals surface area contributed by atoms with Crippen LogP contribution < -0.4 is 10.1 Å². The quantitative estimate of drug-likeness (QED) is 0.791. The van der Waals surface area contributed by atoms with E-state index in [0.29, 0.717) is 18.9 Å². The molecule has 1 aliphatic heterocycles. The minimum atomic E-state index is 0.0170. The lowest BCUT2D eigenvalue weighted by atomic mass is 9.87. The van der Waals surface area contributed by atoms with Gasteiger partial charge in [0.2, 0.25) is 11.8 Å². The van der Waals surface area contributed by atoms with E-state index in [4.69, 9.17) is 4.74 Å². The van der Waals surface area contributed by atoms with Gasteiger partial charge in [-0.25, -0.2) is 0 Å². The number of ether oxygens (including phenoxy) is 1. The lowest BCUT2D eigenvalue weighted by molar-refractivity contribution is -0.133. The van der Waals surface area contributed by atoms with Crippen LogP contribution in [0, 0.1) is 5.92 Å². The van der Waals surface area contributed by atoms with Gasteiger partial charge in [0, 0.05) is 13.0 Å². The summed E-state index contributed by atoms with van der Waals surface area (Å²) in [5.41, 5.74) is 1.14. The fourth-order valence-electron chi connectivity index (χ4n) is 4.37. The van der Waals surface area contributed by atoms with Crippen LogP contribution in [0.2, 0.25) is 0 Å². The summed E-state index contributed by atoms with van der Waals surface area (Å²) < 4.78 is 5.50. The van der Waals surface area contributed by atoms with Crippen LogP contribution in [0.1, 0.15) is 69.9 Å². The zero-order chi connectivity index (χ0) is 19.1. The van der Waals surface area contributed by atoms with E-state index in [1.54, 1.807) is 0 Å². The average molecular weight is 373 g/mol. The number of carbonyl (C=O) groups is 2. The van der Waals surface area contributed by atoms with Crippen LogP contribution in [0.25, 0.3) is 0 Å². The van der Waals surface area contributed by atoms with Gasteiger partial charge in [0.25, 0.3) is 0 Å². The molecule has 1 atom stereocenters. The first-order valence-electron chi connectivity index (χ1n) is 10.5. The summed E-state index contributed by atoms with van der Waals surface area (Å²) in [6.45, 7) is 3.48. The van der Waals surface area contributed by atoms with Crippen LogP contribution in [0.15, 0.2) is 24.3 Å². The highest BCUT2D eigenvalue weighted by molar-refractivity contribution is 5.85. The number of likely N-dealkylation sites (tertiary alicyclic amines) is 1. The molecule has 0 spiro atoms. The first-order valence-corrected chi connectivity index (χ1v) is 10.5. The molecule has 2 aliphatic rings. The molecule has 1 saturated carbocycles. The maximum atomic E-state index is 12.7. The van der Waals surface area contributed by atoms with E-state index in [1.165, 1.54) is 19.3 Å². The Kier molecular flexibility index (Phi) is 7.13. The highest BCUT2D eigenvalue weighted by Gasteiger charge is 2.30. The standard InChI is InChI=1S/C22H32N2O3/c1-2-27-19-12-10-18(11-13-19)20-9-6-14-24(20)22(26)16-23-21(25)15-17-7-4-3-5-8-17/h10-13,17,20H,2-9,14-16H2,1H3,(H,23,25). The van der Waals surface area contributed by atoms with E-state index < -0.39 is 0 Å². The second-order valence-corrected chi connectivity index (χ2v) is 7.73. The van der Waals surface area contributed by atoms with E-state index in [2.05, 4.69) is 5.32 Å². The Morgan fingerprint density at radius 1 is 1.07 bits per heavy atom. The fourth-order valence-corrected chi connectivity index (χ4v) is 4.37. The molecular weight excluding hydrogens is 340 g/mol. The number of carbonyl (C=O) groups excluding carboxylic acids is 2. The second-order valence-electron chi connectivity index (χ2n) is 7.73. The fraction of sp³-hybridized carbons (Fsp3) is 0.636. The Morgan fingerprint density at radius 3 is 2.52 bits per heavy atom. The van der Waals surface area contributed by atoms with Gasteiger partial charge in [-0.05, 0) is 56.2 Å². The third-order valence-corrected chi connectivity index (χ3v) is 5.78. The molecule has 1 aliphatic carbocycles. The summed E-state index contributed by atoms with van der Waals surface area (Å²) >= 11 is 0. The van der Waals surface area contributed by atoms with Gasteiger partial charge < -0.3 is 15.0 Å². The maximum absolute atomic E-state index is 12.7. The van der Waals surface area contributed by atoms with E-state index in [9.17, 15) is 9.59 Å². The van der Waals surface area contributed by atoms with Crippen LogP contribution in [0.3, 0.4) is 0 Å². The van der Waals surface area contributed by atoms with Gasteiger partial charge in [0.05, 0.1) is 19.2 Å². The maximum Gasteiger partial charge on any atom is 0.242 e. The lowest BCUT2D eigenvalue weighted by Crippen LogP contribution is -2.40. The monoisotopic (exact) mass is 372 g/mol. The van der Waals surface area contributed by atoms with Crippen molar-refractivity contribution in [1.82, 2.24) is 10.2 Å². The molecule has 0 aromatic heterocycles. The number of benzene rings is 1. The molecule has 1 saturated heterocycles. The summed E-state index contributed by atoms with van der Waals surface area (Å²) in [7, 11) is 0. The zero-order valence-corrected chi connectivity index (χ0v) is 16.4. The lowest BCUT2D eigenvalue weighted by Gasteiger charge is -2.26. The van der Waals surface area contributed by atoms with Crippen LogP contribution in [-0.2, 0) is 9.59 Å². The molecule has 1 aromatic rings. The van der Waals surface area contributed by atoms with Gasteiger partial charge in [-0.2, -0.15) is 0 Å². The number of nitrogens with zero attached hydrogens (tertiary/aromatic N) is 1. The molecule has 5 heteroatoms. The number of amides is 2. The molecule has 1 N–H and O–H groups in total. The van der Waals surface area contributed by atoms with Gasteiger partial charge in [0.1, 0.15) is 5.75 Å². The molecule has 5 nitrogen and oxygen atoms in total. The van der Waals surface area contributed by atoms with Crippen molar-refractivity contribution in [2.45, 2.75) is 64.3 Å². The van der Waals surface area contributed by atoms with Crippen molar-refractivity contribution < 1.29 is 14.3 Å². The first-order chi connectivity index (χ1) is 13.2. The molecule has 3 rings (SSSR count). The molecule has 0 bridgehead atoms. The van der Waals surface area contributed by atoms with Crippen molar-refractivity contribution in [3.05, 3.63) is 29.8 Å². The molecule has 27 heavy (non-hydrogen) atoms. The van der Waals surface area contributed by atoms with Crippen molar-refractivity contribution in [1.29, 1.82) is 0 Å². The van der Waals surface area contributed by atoms with Gasteiger partial charge >= 0.3 is 0 Å². The molecule has 1 unspecified atom stereocenters. The number of nitrogens with one attached hydrogen (secondary N) is 1. The van der Waals surface area contributed by atoms with E-state index in [-0.39, 0.29) is 24.4 Å². The summed E-state index contributed by atoms with van der Waals surface area (Å²) in [4.78, 5) is 26.8. The predicted octanol–water partition coefficient (Wildman–Crippen LogP) is 3.84. The molecule has 0 radical (unpaired) electrons. The van der Waals surface area contributed by atoms with Crippen molar-refractivity contribution in [3.63, 3.8) is 0 Å². The molecule has 1 heterocycles. The molecule has 148 valence electrons. The SMILES string of the molecule is CCOc1ccc(C2CCCN2C(=O)CNC(=O)CC2CCCCC2)cc1. The van der Waals surface area contributed by atoms with Crippen LogP contribution in [0.5, 0.6) is 5.75 Å². The average Bonchev–Trinajstić information content (AvgIpc) is 3.18. The molecular formula is C22H32N2O3. The Balaban J connectivity index is 1.50. The summed E-state index contributed by atoms with van der Waals surface area (Å²) in [5.74, 6) is 1.39. The number of hydrogen-bond donors (Lipinski definition) is 1. The van der Waals surface area contributed by atoms with Crippen molar-refractivity contribution in [3.8, 4) is 5.75 Å². The van der Waals surface area contributed by atoms with Gasteiger partial charge in [-0.15, -0.1) is 0 Å². The number of hydrogen-bond acceptors (Lipinski definition) is 3. The topological polar surface area (TPSA) is 58.6 Å². The Bertz CT molecular complexity index is 623. The highest BCUT2D eigenvalue weighted by atomic mass is 16.5. The van der Waals surface area contributed by atoms with Crippen molar-refractivity contribution in [2.24, 2.45) is 5.92 Å². The summed E-state index contributed by atoms with van der Waals surface area (Å²) in [5, 5.41) is 2.85. The van der Waals surface area contributed by atoms with Crippen LogP contribution >= 0.6 is 0 Å². The Morgan fingerprint density at radius 2 is 1.81 bits per heavy atom. The van der Waals surface area contributed by atoms with Crippen LogP contribution in [-0.4, -0.2) is 36.4 Å². The Labute approximate surface area is 162 Å². The van der Waals surface area contributed by atoms with E-state index >= 15 is 0 Å². The Hall–Kier alpha value is -2.04.